The Kier molecular flexibility index (Phi) is 4.09. The minimum Gasteiger partial charge on any atom is -0.478 e. The predicted octanol–water partition coefficient (Wildman–Crippen LogP) is 0.616. The molecule has 0 aromatic carbocycles. The molecule has 0 bridgehead atoms. The summed E-state index contributed by atoms with van der Waals surface area (Å²) in [6.07, 6.45) is 3.78. The van der Waals surface area contributed by atoms with Gasteiger partial charge in [-0.2, -0.15) is 0 Å². The van der Waals surface area contributed by atoms with E-state index in [-0.39, 0.29) is 18.3 Å². The average Bonchev–Trinajstić information content (AvgIpc) is 2.79. The molecule has 16 heavy (non-hydrogen) atoms. The first-order chi connectivity index (χ1) is 7.83. The molecule has 0 saturated carbocycles. The van der Waals surface area contributed by atoms with Crippen molar-refractivity contribution in [1.82, 2.24) is 4.90 Å². The van der Waals surface area contributed by atoms with Crippen molar-refractivity contribution in [2.24, 2.45) is 4.99 Å². The first-order valence-corrected chi connectivity index (χ1v) is 6.37. The van der Waals surface area contributed by atoms with Crippen molar-refractivity contribution in [2.75, 3.05) is 25.6 Å². The molecule has 90 valence electrons. The zero-order chi connectivity index (χ0) is 11.4. The number of aliphatic hydroxyl groups is 1. The van der Waals surface area contributed by atoms with Gasteiger partial charge >= 0.3 is 0 Å². The topological polar surface area (TPSA) is 54.3 Å². The van der Waals surface area contributed by atoms with E-state index in [2.05, 4.69) is 4.99 Å². The molecule has 5 nitrogen and oxygen atoms in total. The largest absolute Gasteiger partial charge is 0.478 e. The minimum atomic E-state index is -0.101. The van der Waals surface area contributed by atoms with Gasteiger partial charge < -0.3 is 19.5 Å². The summed E-state index contributed by atoms with van der Waals surface area (Å²) >= 11 is 1.63. The first kappa shape index (κ1) is 11.8. The summed E-state index contributed by atoms with van der Waals surface area (Å²) in [5.41, 5.74) is -0.101. The molecular weight excluding hydrogens is 228 g/mol. The lowest BCUT2D eigenvalue weighted by Crippen LogP contribution is -2.35. The number of aliphatic imine (C=N–C) groups is 1. The van der Waals surface area contributed by atoms with Crippen LogP contribution in [0.2, 0.25) is 0 Å². The fraction of sp³-hybridized carbons (Fsp3) is 0.700. The van der Waals surface area contributed by atoms with Crippen molar-refractivity contribution in [3.63, 3.8) is 0 Å². The molecule has 2 aliphatic rings. The number of rotatable bonds is 3. The summed E-state index contributed by atoms with van der Waals surface area (Å²) in [7, 11) is 0. The Morgan fingerprint density at radius 2 is 2.62 bits per heavy atom. The molecule has 2 rings (SSSR count). The predicted molar refractivity (Wildman–Crippen MR) is 63.1 cm³/mol. The fourth-order valence-corrected chi connectivity index (χ4v) is 2.51. The molecule has 1 N–H and O–H groups in total. The molecule has 2 atom stereocenters. The smallest absolute Gasteiger partial charge is 0.211 e. The Hall–Kier alpha value is -0.720. The molecule has 0 aromatic rings. The number of thioether (sulfide) groups is 1. The minimum absolute atomic E-state index is 0.00493. The van der Waals surface area contributed by atoms with Crippen LogP contribution in [-0.4, -0.2) is 53.2 Å². The number of nitrogens with zero attached hydrogens (tertiary/aromatic N) is 2. The molecule has 1 fully saturated rings. The van der Waals surface area contributed by atoms with E-state index in [0.29, 0.717) is 19.2 Å². The second-order valence-corrected chi connectivity index (χ2v) is 4.63. The summed E-state index contributed by atoms with van der Waals surface area (Å²) in [6, 6.07) is 0. The zero-order valence-electron chi connectivity index (χ0n) is 9.20. The molecule has 0 aromatic heterocycles. The fourth-order valence-electron chi connectivity index (χ4n) is 1.55. The van der Waals surface area contributed by atoms with Crippen LogP contribution in [0.5, 0.6) is 0 Å². The molecule has 2 unspecified atom stereocenters. The summed E-state index contributed by atoms with van der Waals surface area (Å²) in [5.74, 6) is 1.53. The third-order valence-corrected chi connectivity index (χ3v) is 3.45. The molecule has 6 heteroatoms. The van der Waals surface area contributed by atoms with E-state index in [9.17, 15) is 0 Å². The van der Waals surface area contributed by atoms with Crippen LogP contribution in [0.4, 0.5) is 0 Å². The van der Waals surface area contributed by atoms with Crippen molar-refractivity contribution in [3.8, 4) is 0 Å². The summed E-state index contributed by atoms with van der Waals surface area (Å²) in [5, 5.41) is 8.96. The summed E-state index contributed by atoms with van der Waals surface area (Å²) < 4.78 is 10.9. The lowest BCUT2D eigenvalue weighted by atomic mass is 10.4. The van der Waals surface area contributed by atoms with Crippen LogP contribution in [-0.2, 0) is 9.47 Å². The maximum absolute atomic E-state index is 8.96. The highest BCUT2D eigenvalue weighted by molar-refractivity contribution is 8.00. The van der Waals surface area contributed by atoms with Gasteiger partial charge in [0.15, 0.2) is 0 Å². The third kappa shape index (κ3) is 2.69. The van der Waals surface area contributed by atoms with E-state index in [1.165, 1.54) is 0 Å². The molecule has 2 heterocycles. The van der Waals surface area contributed by atoms with Gasteiger partial charge in [-0.05, 0) is 6.92 Å². The summed E-state index contributed by atoms with van der Waals surface area (Å²) in [4.78, 5) is 6.28. The first-order valence-electron chi connectivity index (χ1n) is 5.32. The molecule has 0 amide bonds. The highest BCUT2D eigenvalue weighted by Crippen LogP contribution is 2.27. The van der Waals surface area contributed by atoms with Gasteiger partial charge in [0, 0.05) is 18.0 Å². The molecular formula is C10H16N2O3S. The molecule has 0 radical (unpaired) electrons. The van der Waals surface area contributed by atoms with Crippen LogP contribution < -0.4 is 0 Å². The van der Waals surface area contributed by atoms with E-state index in [4.69, 9.17) is 14.6 Å². The van der Waals surface area contributed by atoms with E-state index >= 15 is 0 Å². The van der Waals surface area contributed by atoms with Crippen molar-refractivity contribution in [3.05, 3.63) is 12.3 Å². The maximum atomic E-state index is 8.96. The Bertz CT molecular complexity index is 296. The Morgan fingerprint density at radius 3 is 3.19 bits per heavy atom. The molecule has 0 spiro atoms. The number of hydrogen-bond acceptors (Lipinski definition) is 6. The standard InChI is InChI=1S/C10H16N2O3S/c1-2-14-8-3-4-12(7-11-8)9-6-16-10(5-13)15-9/h3-4,9-10,13H,2,5-7H2,1H3. The maximum Gasteiger partial charge on any atom is 0.211 e. The van der Waals surface area contributed by atoms with E-state index in [1.807, 2.05) is 24.1 Å². The number of hydrogen-bond donors (Lipinski definition) is 1. The van der Waals surface area contributed by atoms with E-state index in [0.717, 1.165) is 5.75 Å². The highest BCUT2D eigenvalue weighted by Gasteiger charge is 2.29. The van der Waals surface area contributed by atoms with Gasteiger partial charge in [-0.3, -0.25) is 0 Å². The molecule has 0 aliphatic carbocycles. The van der Waals surface area contributed by atoms with Crippen LogP contribution in [0.3, 0.4) is 0 Å². The Labute approximate surface area is 99.1 Å². The zero-order valence-corrected chi connectivity index (χ0v) is 10.0. The Balaban J connectivity index is 1.84. The Morgan fingerprint density at radius 1 is 1.75 bits per heavy atom. The lowest BCUT2D eigenvalue weighted by molar-refractivity contribution is -0.0355. The van der Waals surface area contributed by atoms with Gasteiger partial charge in [-0.15, -0.1) is 11.8 Å². The van der Waals surface area contributed by atoms with Gasteiger partial charge in [0.25, 0.3) is 0 Å². The van der Waals surface area contributed by atoms with Crippen LogP contribution in [0.15, 0.2) is 17.3 Å². The summed E-state index contributed by atoms with van der Waals surface area (Å²) in [6.45, 7) is 3.18. The van der Waals surface area contributed by atoms with Crippen molar-refractivity contribution >= 4 is 17.7 Å². The number of ether oxygens (including phenoxy) is 2. The van der Waals surface area contributed by atoms with Gasteiger partial charge in [0.2, 0.25) is 5.90 Å². The second-order valence-electron chi connectivity index (χ2n) is 3.44. The quantitative estimate of drug-likeness (QED) is 0.788. The number of aliphatic hydroxyl groups excluding tert-OH is 1. The van der Waals surface area contributed by atoms with Crippen LogP contribution >= 0.6 is 11.8 Å². The van der Waals surface area contributed by atoms with Crippen molar-refractivity contribution < 1.29 is 14.6 Å². The van der Waals surface area contributed by atoms with Gasteiger partial charge in [-0.1, -0.05) is 0 Å². The van der Waals surface area contributed by atoms with Gasteiger partial charge in [-0.25, -0.2) is 4.99 Å². The second kappa shape index (κ2) is 5.56. The van der Waals surface area contributed by atoms with Crippen molar-refractivity contribution in [2.45, 2.75) is 18.6 Å². The average molecular weight is 244 g/mol. The van der Waals surface area contributed by atoms with Crippen LogP contribution in [0.25, 0.3) is 0 Å². The van der Waals surface area contributed by atoms with Gasteiger partial charge in [0.05, 0.1) is 13.2 Å². The van der Waals surface area contributed by atoms with Crippen molar-refractivity contribution in [1.29, 1.82) is 0 Å². The van der Waals surface area contributed by atoms with E-state index < -0.39 is 0 Å². The highest BCUT2D eigenvalue weighted by atomic mass is 32.2. The van der Waals surface area contributed by atoms with Crippen LogP contribution in [0.1, 0.15) is 6.92 Å². The van der Waals surface area contributed by atoms with Gasteiger partial charge in [0.1, 0.15) is 18.3 Å². The SMILES string of the molecule is CCOC1=NCN(C2CSC(CO)O2)C=C1. The monoisotopic (exact) mass is 244 g/mol. The molecule has 2 aliphatic heterocycles. The molecule has 1 saturated heterocycles. The normalized spacial score (nSPS) is 29.4. The van der Waals surface area contributed by atoms with E-state index in [1.54, 1.807) is 11.8 Å². The third-order valence-electron chi connectivity index (χ3n) is 2.34. The lowest BCUT2D eigenvalue weighted by Gasteiger charge is -2.27. The van der Waals surface area contributed by atoms with Crippen LogP contribution in [0, 0.1) is 0 Å².